The number of unbranched alkanes of at least 4 members (excludes halogenated alkanes) is 1. The number of anilines is 1. The first-order valence-electron chi connectivity index (χ1n) is 11.6. The fourth-order valence-corrected chi connectivity index (χ4v) is 4.48. The fourth-order valence-electron chi connectivity index (χ4n) is 4.48. The zero-order chi connectivity index (χ0) is 24.2. The van der Waals surface area contributed by atoms with E-state index in [0.29, 0.717) is 42.4 Å². The standard InChI is InChI=1S/C26H30N2O6/c1-4-5-12-34-26(31)17-6-8-20(9-7-17)28-24(29)15-21(25(28)30)27-11-10-18-13-22(32-2)23(33-3)14-19(18)16-27/h6-9,13-14,21H,4-5,10-12,15-16H2,1-3H3. The molecule has 0 spiro atoms. The average Bonchev–Trinajstić information content (AvgIpc) is 3.16. The second-order valence-electron chi connectivity index (χ2n) is 8.52. The first-order valence-corrected chi connectivity index (χ1v) is 11.6. The lowest BCUT2D eigenvalue weighted by molar-refractivity contribution is -0.123. The van der Waals surface area contributed by atoms with E-state index in [1.807, 2.05) is 24.0 Å². The van der Waals surface area contributed by atoms with Crippen molar-refractivity contribution < 1.29 is 28.6 Å². The lowest BCUT2D eigenvalue weighted by Gasteiger charge is -2.32. The number of hydrogen-bond donors (Lipinski definition) is 0. The summed E-state index contributed by atoms with van der Waals surface area (Å²) in [4.78, 5) is 41.5. The van der Waals surface area contributed by atoms with Gasteiger partial charge in [0.05, 0.1) is 44.5 Å². The Morgan fingerprint density at radius 1 is 1.03 bits per heavy atom. The van der Waals surface area contributed by atoms with Crippen LogP contribution in [0.1, 0.15) is 47.7 Å². The highest BCUT2D eigenvalue weighted by Gasteiger charge is 2.43. The first kappa shape index (κ1) is 23.8. The van der Waals surface area contributed by atoms with Gasteiger partial charge in [0.1, 0.15) is 0 Å². The number of carbonyl (C=O) groups excluding carboxylic acids is 3. The Bertz CT molecular complexity index is 1080. The van der Waals surface area contributed by atoms with E-state index in [1.54, 1.807) is 38.5 Å². The molecule has 8 heteroatoms. The molecule has 1 fully saturated rings. The van der Waals surface area contributed by atoms with Gasteiger partial charge in [0, 0.05) is 13.1 Å². The molecule has 2 amide bonds. The number of rotatable bonds is 8. The van der Waals surface area contributed by atoms with Crippen LogP contribution in [0.2, 0.25) is 0 Å². The third-order valence-corrected chi connectivity index (χ3v) is 6.40. The molecule has 2 aliphatic heterocycles. The van der Waals surface area contributed by atoms with Crippen molar-refractivity contribution in [2.75, 3.05) is 32.3 Å². The number of methoxy groups -OCH3 is 2. The van der Waals surface area contributed by atoms with E-state index in [2.05, 4.69) is 0 Å². The molecule has 8 nitrogen and oxygen atoms in total. The van der Waals surface area contributed by atoms with Gasteiger partial charge in [0.2, 0.25) is 5.91 Å². The van der Waals surface area contributed by atoms with Crippen LogP contribution in [0, 0.1) is 0 Å². The lowest BCUT2D eigenvalue weighted by atomic mass is 9.97. The number of benzene rings is 2. The summed E-state index contributed by atoms with van der Waals surface area (Å²) >= 11 is 0. The van der Waals surface area contributed by atoms with Gasteiger partial charge in [-0.15, -0.1) is 0 Å². The Hall–Kier alpha value is -3.39. The van der Waals surface area contributed by atoms with Crippen molar-refractivity contribution in [3.05, 3.63) is 53.1 Å². The largest absolute Gasteiger partial charge is 0.493 e. The Morgan fingerprint density at radius 3 is 2.35 bits per heavy atom. The first-order chi connectivity index (χ1) is 16.5. The van der Waals surface area contributed by atoms with Crippen molar-refractivity contribution in [3.8, 4) is 11.5 Å². The monoisotopic (exact) mass is 466 g/mol. The molecule has 0 bridgehead atoms. The number of hydrogen-bond acceptors (Lipinski definition) is 7. The molecule has 4 rings (SSSR count). The molecule has 0 N–H and O–H groups in total. The minimum absolute atomic E-state index is 0.127. The van der Waals surface area contributed by atoms with E-state index >= 15 is 0 Å². The Labute approximate surface area is 199 Å². The predicted molar refractivity (Wildman–Crippen MR) is 126 cm³/mol. The van der Waals surface area contributed by atoms with Gasteiger partial charge in [-0.3, -0.25) is 14.5 Å². The van der Waals surface area contributed by atoms with Gasteiger partial charge < -0.3 is 14.2 Å². The van der Waals surface area contributed by atoms with Crippen LogP contribution in [-0.2, 0) is 27.3 Å². The van der Waals surface area contributed by atoms with Crippen LogP contribution in [0.25, 0.3) is 0 Å². The van der Waals surface area contributed by atoms with E-state index in [4.69, 9.17) is 14.2 Å². The zero-order valence-corrected chi connectivity index (χ0v) is 19.8. The molecule has 1 atom stereocenters. The molecule has 1 saturated heterocycles. The van der Waals surface area contributed by atoms with Gasteiger partial charge in [-0.25, -0.2) is 9.69 Å². The summed E-state index contributed by atoms with van der Waals surface area (Å²) in [6, 6.07) is 9.83. The van der Waals surface area contributed by atoms with Crippen LogP contribution < -0.4 is 14.4 Å². The van der Waals surface area contributed by atoms with Crippen molar-refractivity contribution in [2.24, 2.45) is 0 Å². The highest BCUT2D eigenvalue weighted by molar-refractivity contribution is 6.22. The van der Waals surface area contributed by atoms with Gasteiger partial charge in [-0.05, 0) is 60.4 Å². The quantitative estimate of drug-likeness (QED) is 0.335. The van der Waals surface area contributed by atoms with Crippen LogP contribution >= 0.6 is 0 Å². The van der Waals surface area contributed by atoms with E-state index in [0.717, 1.165) is 30.4 Å². The van der Waals surface area contributed by atoms with Crippen molar-refractivity contribution in [3.63, 3.8) is 0 Å². The minimum Gasteiger partial charge on any atom is -0.493 e. The number of esters is 1. The molecule has 2 aliphatic rings. The van der Waals surface area contributed by atoms with Crippen LogP contribution in [0.5, 0.6) is 11.5 Å². The van der Waals surface area contributed by atoms with Crippen molar-refractivity contribution in [1.29, 1.82) is 0 Å². The van der Waals surface area contributed by atoms with Gasteiger partial charge in [0.15, 0.2) is 11.5 Å². The summed E-state index contributed by atoms with van der Waals surface area (Å²) in [5, 5.41) is 0. The molecule has 1 unspecified atom stereocenters. The van der Waals surface area contributed by atoms with Gasteiger partial charge in [0.25, 0.3) is 5.91 Å². The Kier molecular flexibility index (Phi) is 7.17. The fraction of sp³-hybridized carbons (Fsp3) is 0.423. The molecule has 0 saturated carbocycles. The maximum absolute atomic E-state index is 13.3. The Balaban J connectivity index is 1.47. The average molecular weight is 467 g/mol. The molecule has 2 aromatic carbocycles. The summed E-state index contributed by atoms with van der Waals surface area (Å²) < 4.78 is 16.0. The zero-order valence-electron chi connectivity index (χ0n) is 19.8. The molecule has 2 aromatic rings. The molecule has 0 radical (unpaired) electrons. The van der Waals surface area contributed by atoms with E-state index in [1.165, 1.54) is 4.90 Å². The van der Waals surface area contributed by atoms with Gasteiger partial charge >= 0.3 is 5.97 Å². The lowest BCUT2D eigenvalue weighted by Crippen LogP contribution is -2.44. The van der Waals surface area contributed by atoms with Crippen molar-refractivity contribution in [2.45, 2.75) is 45.2 Å². The second kappa shape index (κ2) is 10.3. The third kappa shape index (κ3) is 4.63. The van der Waals surface area contributed by atoms with Gasteiger partial charge in [-0.2, -0.15) is 0 Å². The normalized spacial score (nSPS) is 18.1. The molecular formula is C26H30N2O6. The smallest absolute Gasteiger partial charge is 0.338 e. The summed E-state index contributed by atoms with van der Waals surface area (Å²) in [6.45, 7) is 3.62. The summed E-state index contributed by atoms with van der Waals surface area (Å²) in [5.41, 5.74) is 3.08. The maximum atomic E-state index is 13.3. The second-order valence-corrected chi connectivity index (χ2v) is 8.52. The topological polar surface area (TPSA) is 85.4 Å². The van der Waals surface area contributed by atoms with Crippen LogP contribution in [-0.4, -0.2) is 56.1 Å². The summed E-state index contributed by atoms with van der Waals surface area (Å²) in [6.07, 6.45) is 2.63. The highest BCUT2D eigenvalue weighted by Crippen LogP contribution is 2.35. The van der Waals surface area contributed by atoms with E-state index in [9.17, 15) is 14.4 Å². The summed E-state index contributed by atoms with van der Waals surface area (Å²) in [7, 11) is 3.21. The van der Waals surface area contributed by atoms with Crippen LogP contribution in [0.15, 0.2) is 36.4 Å². The van der Waals surface area contributed by atoms with Gasteiger partial charge in [-0.1, -0.05) is 13.3 Å². The molecule has 0 aromatic heterocycles. The number of fused-ring (bicyclic) bond motifs is 1. The Morgan fingerprint density at radius 2 is 1.71 bits per heavy atom. The minimum atomic E-state index is -0.521. The van der Waals surface area contributed by atoms with E-state index in [-0.39, 0.29) is 18.2 Å². The van der Waals surface area contributed by atoms with Crippen LogP contribution in [0.3, 0.4) is 0 Å². The van der Waals surface area contributed by atoms with Crippen LogP contribution in [0.4, 0.5) is 5.69 Å². The van der Waals surface area contributed by atoms with Crippen molar-refractivity contribution in [1.82, 2.24) is 4.90 Å². The number of ether oxygens (including phenoxy) is 3. The number of imide groups is 1. The number of carbonyl (C=O) groups is 3. The van der Waals surface area contributed by atoms with E-state index < -0.39 is 12.0 Å². The molecule has 180 valence electrons. The summed E-state index contributed by atoms with van der Waals surface area (Å²) in [5.74, 6) is 0.437. The molecule has 0 aliphatic carbocycles. The number of amides is 2. The molecular weight excluding hydrogens is 436 g/mol. The third-order valence-electron chi connectivity index (χ3n) is 6.40. The highest BCUT2D eigenvalue weighted by atomic mass is 16.5. The van der Waals surface area contributed by atoms with Crippen molar-refractivity contribution >= 4 is 23.5 Å². The SMILES string of the molecule is CCCCOC(=O)c1ccc(N2C(=O)CC(N3CCc4cc(OC)c(OC)cc4C3)C2=O)cc1. The molecule has 34 heavy (non-hydrogen) atoms. The number of nitrogens with zero attached hydrogens (tertiary/aromatic N) is 2. The molecule has 2 heterocycles. The maximum Gasteiger partial charge on any atom is 0.338 e. The predicted octanol–water partition coefficient (Wildman–Crippen LogP) is 3.35.